The first-order valence-corrected chi connectivity index (χ1v) is 7.74. The molecule has 1 aromatic carbocycles. The molecule has 106 valence electrons. The normalized spacial score (nSPS) is 13.4. The van der Waals surface area contributed by atoms with Gasteiger partial charge in [-0.25, -0.2) is 4.98 Å². The van der Waals surface area contributed by atoms with Crippen LogP contribution >= 0.6 is 11.3 Å². The highest BCUT2D eigenvalue weighted by Gasteiger charge is 2.13. The van der Waals surface area contributed by atoms with E-state index in [0.29, 0.717) is 13.2 Å². The third-order valence-corrected chi connectivity index (χ3v) is 4.12. The summed E-state index contributed by atoms with van der Waals surface area (Å²) in [6.45, 7) is 5.32. The minimum absolute atomic E-state index is 0.612. The van der Waals surface area contributed by atoms with E-state index in [1.165, 1.54) is 4.88 Å². The molecule has 4 nitrogen and oxygen atoms in total. The Bertz CT molecular complexity index is 583. The van der Waals surface area contributed by atoms with Crippen molar-refractivity contribution in [3.63, 3.8) is 0 Å². The summed E-state index contributed by atoms with van der Waals surface area (Å²) in [5.74, 6) is 1.64. The summed E-state index contributed by atoms with van der Waals surface area (Å²) >= 11 is 1.72. The molecule has 1 aliphatic rings. The molecule has 0 unspecified atom stereocenters. The summed E-state index contributed by atoms with van der Waals surface area (Å²) in [7, 11) is 0. The van der Waals surface area contributed by atoms with E-state index in [9.17, 15) is 0 Å². The monoisotopic (exact) mass is 290 g/mol. The molecular weight excluding hydrogens is 272 g/mol. The minimum Gasteiger partial charge on any atom is -0.486 e. The number of aromatic nitrogens is 1. The molecule has 0 spiro atoms. The first-order valence-electron chi connectivity index (χ1n) is 6.92. The van der Waals surface area contributed by atoms with Gasteiger partial charge in [0.1, 0.15) is 18.2 Å². The molecule has 0 atom stereocenters. The zero-order valence-electron chi connectivity index (χ0n) is 11.5. The van der Waals surface area contributed by atoms with Crippen LogP contribution in [0.2, 0.25) is 0 Å². The molecule has 0 radical (unpaired) electrons. The van der Waals surface area contributed by atoms with Gasteiger partial charge < -0.3 is 14.8 Å². The quantitative estimate of drug-likeness (QED) is 0.859. The van der Waals surface area contributed by atoms with E-state index in [4.69, 9.17) is 9.47 Å². The maximum Gasteiger partial charge on any atom is 0.162 e. The Morgan fingerprint density at radius 3 is 2.95 bits per heavy atom. The van der Waals surface area contributed by atoms with Crippen molar-refractivity contribution >= 4 is 11.3 Å². The average Bonchev–Trinajstić information content (AvgIpc) is 2.96. The Morgan fingerprint density at radius 1 is 1.25 bits per heavy atom. The molecule has 2 heterocycles. The third kappa shape index (κ3) is 2.94. The van der Waals surface area contributed by atoms with Crippen LogP contribution in [0.15, 0.2) is 24.4 Å². The molecule has 3 rings (SSSR count). The maximum absolute atomic E-state index is 5.61. The van der Waals surface area contributed by atoms with E-state index in [2.05, 4.69) is 17.2 Å². The number of hydrogen-bond donors (Lipinski definition) is 1. The van der Waals surface area contributed by atoms with Crippen LogP contribution in [0.1, 0.15) is 18.2 Å². The van der Waals surface area contributed by atoms with Crippen LogP contribution in [0, 0.1) is 0 Å². The lowest BCUT2D eigenvalue weighted by Crippen LogP contribution is -2.15. The SMILES string of the molecule is CCCNCc1cnc(-c2ccc3c(c2)OCCO3)s1. The number of thiazole rings is 1. The second-order valence-corrected chi connectivity index (χ2v) is 5.78. The molecule has 1 aliphatic heterocycles. The topological polar surface area (TPSA) is 43.4 Å². The number of rotatable bonds is 5. The first kappa shape index (κ1) is 13.4. The molecule has 20 heavy (non-hydrogen) atoms. The molecule has 0 amide bonds. The molecular formula is C15H18N2O2S. The lowest BCUT2D eigenvalue weighted by Gasteiger charge is -2.18. The van der Waals surface area contributed by atoms with Crippen molar-refractivity contribution in [3.8, 4) is 22.1 Å². The van der Waals surface area contributed by atoms with Crippen LogP contribution in [0.25, 0.3) is 10.6 Å². The summed E-state index contributed by atoms with van der Waals surface area (Å²) in [5, 5.41) is 4.42. The standard InChI is InChI=1S/C15H18N2O2S/c1-2-5-16-9-12-10-17-15(20-12)11-3-4-13-14(8-11)19-7-6-18-13/h3-4,8,10,16H,2,5-7,9H2,1H3. The lowest BCUT2D eigenvalue weighted by atomic mass is 10.2. The lowest BCUT2D eigenvalue weighted by molar-refractivity contribution is 0.171. The zero-order valence-corrected chi connectivity index (χ0v) is 12.3. The highest BCUT2D eigenvalue weighted by molar-refractivity contribution is 7.15. The Labute approximate surface area is 122 Å². The summed E-state index contributed by atoms with van der Waals surface area (Å²) in [5.41, 5.74) is 1.08. The zero-order chi connectivity index (χ0) is 13.8. The fourth-order valence-electron chi connectivity index (χ4n) is 2.09. The summed E-state index contributed by atoms with van der Waals surface area (Å²) in [6.07, 6.45) is 3.09. The van der Waals surface area contributed by atoms with Gasteiger partial charge in [-0.15, -0.1) is 11.3 Å². The maximum atomic E-state index is 5.61. The molecule has 0 saturated carbocycles. The van der Waals surface area contributed by atoms with Gasteiger partial charge in [0.05, 0.1) is 0 Å². The number of hydrogen-bond acceptors (Lipinski definition) is 5. The Kier molecular flexibility index (Phi) is 4.18. The van der Waals surface area contributed by atoms with E-state index in [0.717, 1.165) is 41.6 Å². The highest BCUT2D eigenvalue weighted by Crippen LogP contribution is 2.35. The van der Waals surface area contributed by atoms with Gasteiger partial charge >= 0.3 is 0 Å². The Balaban J connectivity index is 1.75. The first-order chi connectivity index (χ1) is 9.86. The van der Waals surface area contributed by atoms with Gasteiger partial charge in [0, 0.05) is 23.2 Å². The van der Waals surface area contributed by atoms with Crippen LogP contribution < -0.4 is 14.8 Å². The summed E-state index contributed by atoms with van der Waals surface area (Å²) < 4.78 is 11.1. The van der Waals surface area contributed by atoms with Crippen LogP contribution in [-0.2, 0) is 6.54 Å². The Hall–Kier alpha value is -1.59. The predicted octanol–water partition coefficient (Wildman–Crippen LogP) is 3.08. The number of fused-ring (bicyclic) bond motifs is 1. The van der Waals surface area contributed by atoms with E-state index >= 15 is 0 Å². The molecule has 1 N–H and O–H groups in total. The second kappa shape index (κ2) is 6.24. The van der Waals surface area contributed by atoms with Crippen LogP contribution in [0.5, 0.6) is 11.5 Å². The van der Waals surface area contributed by atoms with E-state index in [-0.39, 0.29) is 0 Å². The molecule has 1 aromatic heterocycles. The van der Waals surface area contributed by atoms with Gasteiger partial charge in [0.15, 0.2) is 11.5 Å². The number of nitrogens with one attached hydrogen (secondary N) is 1. The third-order valence-electron chi connectivity index (χ3n) is 3.07. The molecule has 0 saturated heterocycles. The van der Waals surface area contributed by atoms with Crippen molar-refractivity contribution < 1.29 is 9.47 Å². The minimum atomic E-state index is 0.612. The fourth-order valence-corrected chi connectivity index (χ4v) is 2.97. The largest absolute Gasteiger partial charge is 0.486 e. The summed E-state index contributed by atoms with van der Waals surface area (Å²) in [6, 6.07) is 6.01. The molecule has 5 heteroatoms. The molecule has 2 aromatic rings. The highest BCUT2D eigenvalue weighted by atomic mass is 32.1. The van der Waals surface area contributed by atoms with Crippen molar-refractivity contribution in [3.05, 3.63) is 29.3 Å². The number of ether oxygens (including phenoxy) is 2. The number of nitrogens with zero attached hydrogens (tertiary/aromatic N) is 1. The van der Waals surface area contributed by atoms with Crippen molar-refractivity contribution in [2.24, 2.45) is 0 Å². The molecule has 0 fully saturated rings. The Morgan fingerprint density at radius 2 is 2.10 bits per heavy atom. The van der Waals surface area contributed by atoms with E-state index in [1.807, 2.05) is 24.4 Å². The van der Waals surface area contributed by atoms with Crippen LogP contribution in [0.3, 0.4) is 0 Å². The summed E-state index contributed by atoms with van der Waals surface area (Å²) in [4.78, 5) is 5.75. The van der Waals surface area contributed by atoms with Gasteiger partial charge in [-0.3, -0.25) is 0 Å². The van der Waals surface area contributed by atoms with Gasteiger partial charge in [0.2, 0.25) is 0 Å². The second-order valence-electron chi connectivity index (χ2n) is 4.67. The molecule has 0 aliphatic carbocycles. The van der Waals surface area contributed by atoms with E-state index < -0.39 is 0 Å². The van der Waals surface area contributed by atoms with Crippen molar-refractivity contribution in [2.45, 2.75) is 19.9 Å². The van der Waals surface area contributed by atoms with Crippen molar-refractivity contribution in [1.82, 2.24) is 10.3 Å². The van der Waals surface area contributed by atoms with Crippen LogP contribution in [0.4, 0.5) is 0 Å². The smallest absolute Gasteiger partial charge is 0.162 e. The van der Waals surface area contributed by atoms with Gasteiger partial charge in [-0.1, -0.05) is 6.92 Å². The fraction of sp³-hybridized carbons (Fsp3) is 0.400. The van der Waals surface area contributed by atoms with Gasteiger partial charge in [0.25, 0.3) is 0 Å². The molecule has 0 bridgehead atoms. The van der Waals surface area contributed by atoms with Gasteiger partial charge in [-0.05, 0) is 31.2 Å². The van der Waals surface area contributed by atoms with Crippen molar-refractivity contribution in [2.75, 3.05) is 19.8 Å². The van der Waals surface area contributed by atoms with E-state index in [1.54, 1.807) is 11.3 Å². The average molecular weight is 290 g/mol. The predicted molar refractivity (Wildman–Crippen MR) is 80.5 cm³/mol. The number of benzene rings is 1. The van der Waals surface area contributed by atoms with Crippen molar-refractivity contribution in [1.29, 1.82) is 0 Å². The van der Waals surface area contributed by atoms with Gasteiger partial charge in [-0.2, -0.15) is 0 Å². The van der Waals surface area contributed by atoms with Crippen LogP contribution in [-0.4, -0.2) is 24.7 Å².